The van der Waals surface area contributed by atoms with E-state index >= 15 is 0 Å². The van der Waals surface area contributed by atoms with Crippen LogP contribution in [0.1, 0.15) is 49.9 Å². The van der Waals surface area contributed by atoms with Gasteiger partial charge in [0.15, 0.2) is 0 Å². The zero-order valence-corrected chi connectivity index (χ0v) is 11.3. The Bertz CT molecular complexity index is 330. The van der Waals surface area contributed by atoms with Gasteiger partial charge in [-0.05, 0) is 43.0 Å². The van der Waals surface area contributed by atoms with Crippen LogP contribution in [-0.2, 0) is 0 Å². The van der Waals surface area contributed by atoms with E-state index in [1.165, 1.54) is 23.1 Å². The van der Waals surface area contributed by atoms with Crippen LogP contribution in [0.3, 0.4) is 0 Å². The highest BCUT2D eigenvalue weighted by molar-refractivity contribution is 5.32. The van der Waals surface area contributed by atoms with E-state index in [1.807, 2.05) is 0 Å². The first-order chi connectivity index (χ1) is 7.60. The highest BCUT2D eigenvalue weighted by Gasteiger charge is 2.16. The average molecular weight is 219 g/mol. The fourth-order valence-electron chi connectivity index (χ4n) is 2.06. The van der Waals surface area contributed by atoms with E-state index in [2.05, 4.69) is 58.1 Å². The average Bonchev–Trinajstić information content (AvgIpc) is 2.29. The molecule has 0 fully saturated rings. The first kappa shape index (κ1) is 13.2. The molecular weight excluding hydrogens is 194 g/mol. The third-order valence-electron chi connectivity index (χ3n) is 3.53. The van der Waals surface area contributed by atoms with E-state index in [4.69, 9.17) is 0 Å². The maximum atomic E-state index is 3.60. The quantitative estimate of drug-likeness (QED) is 0.789. The van der Waals surface area contributed by atoms with Crippen LogP contribution in [0.15, 0.2) is 18.2 Å². The summed E-state index contributed by atoms with van der Waals surface area (Å²) in [5.74, 6) is 0.682. The van der Waals surface area contributed by atoms with Crippen LogP contribution in [0, 0.1) is 19.8 Å². The minimum atomic E-state index is 0.495. The van der Waals surface area contributed by atoms with Gasteiger partial charge in [0, 0.05) is 6.04 Å². The molecule has 0 heterocycles. The molecule has 0 aromatic heterocycles. The van der Waals surface area contributed by atoms with Crippen molar-refractivity contribution in [2.75, 3.05) is 6.54 Å². The molecule has 0 aliphatic rings. The summed E-state index contributed by atoms with van der Waals surface area (Å²) < 4.78 is 0. The van der Waals surface area contributed by atoms with Crippen molar-refractivity contribution in [1.29, 1.82) is 0 Å². The van der Waals surface area contributed by atoms with Crippen molar-refractivity contribution in [1.82, 2.24) is 5.32 Å². The van der Waals surface area contributed by atoms with Crippen molar-refractivity contribution in [2.24, 2.45) is 5.92 Å². The molecule has 0 aliphatic heterocycles. The van der Waals surface area contributed by atoms with Crippen molar-refractivity contribution in [3.8, 4) is 0 Å². The Morgan fingerprint density at radius 3 is 2.31 bits per heavy atom. The van der Waals surface area contributed by atoms with Crippen molar-refractivity contribution in [2.45, 2.75) is 47.1 Å². The number of benzene rings is 1. The van der Waals surface area contributed by atoms with Crippen LogP contribution >= 0.6 is 0 Å². The lowest BCUT2D eigenvalue weighted by atomic mass is 9.90. The second-order valence-electron chi connectivity index (χ2n) is 4.76. The van der Waals surface area contributed by atoms with Crippen LogP contribution < -0.4 is 5.32 Å². The summed E-state index contributed by atoms with van der Waals surface area (Å²) in [6, 6.07) is 7.32. The molecule has 1 N–H and O–H groups in total. The topological polar surface area (TPSA) is 12.0 Å². The van der Waals surface area contributed by atoms with Crippen LogP contribution in [0.2, 0.25) is 0 Å². The molecule has 1 aromatic rings. The number of aryl methyl sites for hydroxylation is 2. The Morgan fingerprint density at radius 2 is 1.81 bits per heavy atom. The number of hydrogen-bond acceptors (Lipinski definition) is 1. The van der Waals surface area contributed by atoms with Crippen molar-refractivity contribution in [3.05, 3.63) is 34.9 Å². The molecule has 16 heavy (non-hydrogen) atoms. The van der Waals surface area contributed by atoms with Crippen molar-refractivity contribution in [3.63, 3.8) is 0 Å². The molecule has 0 bridgehead atoms. The van der Waals surface area contributed by atoms with Gasteiger partial charge in [-0.2, -0.15) is 0 Å². The molecular formula is C15H25N. The predicted molar refractivity (Wildman–Crippen MR) is 71.8 cm³/mol. The van der Waals surface area contributed by atoms with Gasteiger partial charge in [-0.25, -0.2) is 0 Å². The van der Waals surface area contributed by atoms with E-state index in [-0.39, 0.29) is 0 Å². The summed E-state index contributed by atoms with van der Waals surface area (Å²) in [7, 11) is 0. The summed E-state index contributed by atoms with van der Waals surface area (Å²) in [6.45, 7) is 12.2. The zero-order valence-electron chi connectivity index (χ0n) is 11.3. The molecule has 90 valence electrons. The first-order valence-electron chi connectivity index (χ1n) is 6.40. The summed E-state index contributed by atoms with van der Waals surface area (Å²) >= 11 is 0. The fraction of sp³-hybridized carbons (Fsp3) is 0.600. The smallest absolute Gasteiger partial charge is 0.0345 e. The van der Waals surface area contributed by atoms with Gasteiger partial charge in [-0.15, -0.1) is 0 Å². The maximum Gasteiger partial charge on any atom is 0.0345 e. The van der Waals surface area contributed by atoms with Gasteiger partial charge in [0.2, 0.25) is 0 Å². The molecule has 1 aromatic carbocycles. The van der Waals surface area contributed by atoms with Crippen LogP contribution in [0.25, 0.3) is 0 Å². The monoisotopic (exact) mass is 219 g/mol. The van der Waals surface area contributed by atoms with E-state index in [9.17, 15) is 0 Å². The molecule has 1 heteroatoms. The van der Waals surface area contributed by atoms with Gasteiger partial charge in [0.05, 0.1) is 0 Å². The number of rotatable bonds is 5. The third-order valence-corrected chi connectivity index (χ3v) is 3.53. The van der Waals surface area contributed by atoms with Gasteiger partial charge in [-0.1, -0.05) is 45.4 Å². The summed E-state index contributed by atoms with van der Waals surface area (Å²) in [5, 5.41) is 3.60. The summed E-state index contributed by atoms with van der Waals surface area (Å²) in [4.78, 5) is 0. The summed E-state index contributed by atoms with van der Waals surface area (Å²) in [5.41, 5.74) is 4.20. The molecule has 0 saturated heterocycles. The molecule has 0 amide bonds. The largest absolute Gasteiger partial charge is 0.310 e. The molecule has 0 aliphatic carbocycles. The van der Waals surface area contributed by atoms with Gasteiger partial charge in [0.25, 0.3) is 0 Å². The Balaban J connectivity index is 2.96. The minimum absolute atomic E-state index is 0.495. The molecule has 0 radical (unpaired) electrons. The molecule has 2 unspecified atom stereocenters. The van der Waals surface area contributed by atoms with Gasteiger partial charge in [0.1, 0.15) is 0 Å². The Hall–Kier alpha value is -0.820. The van der Waals surface area contributed by atoms with E-state index in [0.717, 1.165) is 6.54 Å². The number of nitrogens with one attached hydrogen (secondary N) is 1. The first-order valence-corrected chi connectivity index (χ1v) is 6.40. The molecule has 1 rings (SSSR count). The molecule has 0 spiro atoms. The normalized spacial score (nSPS) is 14.8. The van der Waals surface area contributed by atoms with Crippen LogP contribution in [0.5, 0.6) is 0 Å². The molecule has 1 nitrogen and oxygen atoms in total. The standard InChI is InChI=1S/C15H25N/c1-6-11(3)15(16-7-2)14-9-8-12(4)13(5)10-14/h8-11,15-16H,6-7H2,1-5H3. The third kappa shape index (κ3) is 3.08. The van der Waals surface area contributed by atoms with E-state index in [0.29, 0.717) is 12.0 Å². The predicted octanol–water partition coefficient (Wildman–Crippen LogP) is 4.00. The van der Waals surface area contributed by atoms with E-state index in [1.54, 1.807) is 0 Å². The second-order valence-corrected chi connectivity index (χ2v) is 4.76. The Morgan fingerprint density at radius 1 is 1.12 bits per heavy atom. The van der Waals surface area contributed by atoms with Crippen molar-refractivity contribution >= 4 is 0 Å². The Labute approximate surface area is 100 Å². The van der Waals surface area contributed by atoms with Crippen LogP contribution in [-0.4, -0.2) is 6.54 Å². The highest BCUT2D eigenvalue weighted by Crippen LogP contribution is 2.25. The second kappa shape index (κ2) is 6.05. The molecule has 0 saturated carbocycles. The van der Waals surface area contributed by atoms with Gasteiger partial charge in [-0.3, -0.25) is 0 Å². The Kier molecular flexibility index (Phi) is 5.01. The maximum absolute atomic E-state index is 3.60. The van der Waals surface area contributed by atoms with Crippen LogP contribution in [0.4, 0.5) is 0 Å². The molecule has 2 atom stereocenters. The SMILES string of the molecule is CCNC(c1ccc(C)c(C)c1)C(C)CC. The van der Waals surface area contributed by atoms with E-state index < -0.39 is 0 Å². The minimum Gasteiger partial charge on any atom is -0.310 e. The fourth-order valence-corrected chi connectivity index (χ4v) is 2.06. The zero-order chi connectivity index (χ0) is 12.1. The van der Waals surface area contributed by atoms with Gasteiger partial charge >= 0.3 is 0 Å². The van der Waals surface area contributed by atoms with Gasteiger partial charge < -0.3 is 5.32 Å². The van der Waals surface area contributed by atoms with Crippen molar-refractivity contribution < 1.29 is 0 Å². The highest BCUT2D eigenvalue weighted by atomic mass is 14.9. The summed E-state index contributed by atoms with van der Waals surface area (Å²) in [6.07, 6.45) is 1.21. The lowest BCUT2D eigenvalue weighted by Crippen LogP contribution is -2.26. The number of hydrogen-bond donors (Lipinski definition) is 1. The lowest BCUT2D eigenvalue weighted by molar-refractivity contribution is 0.384. The lowest BCUT2D eigenvalue weighted by Gasteiger charge is -2.25.